The van der Waals surface area contributed by atoms with Crippen LogP contribution in [-0.4, -0.2) is 56.8 Å². The van der Waals surface area contributed by atoms with E-state index < -0.39 is 10.0 Å². The summed E-state index contributed by atoms with van der Waals surface area (Å²) in [6.45, 7) is 2.24. The second-order valence-electron chi connectivity index (χ2n) is 8.84. The molecule has 0 spiro atoms. The number of carbonyl (C=O) groups is 1. The van der Waals surface area contributed by atoms with Crippen molar-refractivity contribution in [3.05, 3.63) is 60.2 Å². The number of ether oxygens (including phenoxy) is 1. The lowest BCUT2D eigenvalue weighted by molar-refractivity contribution is -0.138. The highest BCUT2D eigenvalue weighted by atomic mass is 32.2. The third-order valence-electron chi connectivity index (χ3n) is 6.72. The number of carbonyl (C=O) groups excluding carboxylic acids is 1. The van der Waals surface area contributed by atoms with Crippen molar-refractivity contribution in [2.24, 2.45) is 11.8 Å². The molecule has 2 heterocycles. The number of hydrogen-bond acceptors (Lipinski definition) is 4. The van der Waals surface area contributed by atoms with Crippen molar-refractivity contribution >= 4 is 15.9 Å². The van der Waals surface area contributed by atoms with Gasteiger partial charge in [-0.05, 0) is 67.9 Å². The summed E-state index contributed by atoms with van der Waals surface area (Å²) in [6, 6.07) is 16.9. The predicted octanol–water partition coefficient (Wildman–Crippen LogP) is 3.58. The first kappa shape index (κ1) is 22.8. The molecule has 7 heteroatoms. The average Bonchev–Trinajstić information content (AvgIpc) is 2.85. The van der Waals surface area contributed by atoms with E-state index >= 15 is 0 Å². The van der Waals surface area contributed by atoms with E-state index in [9.17, 15) is 13.2 Å². The van der Waals surface area contributed by atoms with Crippen LogP contribution in [0.25, 0.3) is 0 Å². The van der Waals surface area contributed by atoms with Gasteiger partial charge in [-0.15, -0.1) is 0 Å². The van der Waals surface area contributed by atoms with Crippen LogP contribution in [0.1, 0.15) is 31.2 Å². The average molecular weight is 457 g/mol. The number of nitrogens with zero attached hydrogens (tertiary/aromatic N) is 2. The molecular formula is C25H32N2O4S. The second-order valence-corrected chi connectivity index (χ2v) is 10.8. The Kier molecular flexibility index (Phi) is 7.16. The van der Waals surface area contributed by atoms with E-state index in [0.717, 1.165) is 38.8 Å². The lowest BCUT2D eigenvalue weighted by Crippen LogP contribution is -2.48. The summed E-state index contributed by atoms with van der Waals surface area (Å²) in [5.41, 5.74) is 1.35. The van der Waals surface area contributed by atoms with Gasteiger partial charge in [-0.1, -0.05) is 30.3 Å². The summed E-state index contributed by atoms with van der Waals surface area (Å²) in [4.78, 5) is 15.4. The fourth-order valence-electron chi connectivity index (χ4n) is 4.82. The minimum Gasteiger partial charge on any atom is -0.497 e. The molecule has 2 aliphatic rings. The Labute approximate surface area is 191 Å². The maximum Gasteiger partial charge on any atom is 0.243 e. The molecule has 0 N–H and O–H groups in total. The third kappa shape index (κ3) is 5.15. The lowest BCUT2D eigenvalue weighted by Gasteiger charge is -2.37. The van der Waals surface area contributed by atoms with Crippen molar-refractivity contribution in [1.82, 2.24) is 9.21 Å². The van der Waals surface area contributed by atoms with Gasteiger partial charge in [-0.2, -0.15) is 4.31 Å². The molecule has 172 valence electrons. The van der Waals surface area contributed by atoms with Crippen LogP contribution in [0.2, 0.25) is 0 Å². The minimum absolute atomic E-state index is 0.109. The van der Waals surface area contributed by atoms with Crippen LogP contribution in [0, 0.1) is 11.8 Å². The molecule has 2 aliphatic heterocycles. The van der Waals surface area contributed by atoms with Gasteiger partial charge in [0, 0.05) is 26.2 Å². The van der Waals surface area contributed by atoms with Gasteiger partial charge in [0.2, 0.25) is 15.9 Å². The molecular weight excluding hydrogens is 424 g/mol. The monoisotopic (exact) mass is 456 g/mol. The Morgan fingerprint density at radius 2 is 1.66 bits per heavy atom. The minimum atomic E-state index is -3.62. The van der Waals surface area contributed by atoms with Crippen LogP contribution in [-0.2, 0) is 21.2 Å². The van der Waals surface area contributed by atoms with E-state index in [1.807, 2.05) is 11.0 Å². The number of amides is 1. The number of likely N-dealkylation sites (tertiary alicyclic amines) is 1. The molecule has 1 amide bonds. The number of sulfonamides is 1. The van der Waals surface area contributed by atoms with Crippen LogP contribution < -0.4 is 4.74 Å². The molecule has 6 nitrogen and oxygen atoms in total. The summed E-state index contributed by atoms with van der Waals surface area (Å²) in [5, 5.41) is 0. The maximum atomic E-state index is 13.2. The highest BCUT2D eigenvalue weighted by Gasteiger charge is 2.36. The standard InChI is InChI=1S/C25H32N2O4S/c1-31-23-9-11-24(12-10-23)32(29,30)27-15-5-8-22(19-27)25(28)26-16-13-21(14-17-26)18-20-6-3-2-4-7-20/h2-4,6-7,9-12,21-22H,5,8,13-19H2,1H3/t22-/m1/s1. The molecule has 2 aromatic rings. The summed E-state index contributed by atoms with van der Waals surface area (Å²) in [5.74, 6) is 1.06. The van der Waals surface area contributed by atoms with Crippen molar-refractivity contribution < 1.29 is 17.9 Å². The Morgan fingerprint density at radius 3 is 2.31 bits per heavy atom. The summed E-state index contributed by atoms with van der Waals surface area (Å²) in [6.07, 6.45) is 4.51. The van der Waals surface area contributed by atoms with Crippen LogP contribution in [0.5, 0.6) is 5.75 Å². The lowest BCUT2D eigenvalue weighted by atomic mass is 9.89. The van der Waals surface area contributed by atoms with E-state index in [2.05, 4.69) is 24.3 Å². The first-order chi connectivity index (χ1) is 15.5. The molecule has 2 aromatic carbocycles. The molecule has 0 saturated carbocycles. The van der Waals surface area contributed by atoms with E-state index in [-0.39, 0.29) is 23.3 Å². The molecule has 0 unspecified atom stereocenters. The quantitative estimate of drug-likeness (QED) is 0.666. The zero-order chi connectivity index (χ0) is 22.6. The van der Waals surface area contributed by atoms with Crippen molar-refractivity contribution in [1.29, 1.82) is 0 Å². The fourth-order valence-corrected chi connectivity index (χ4v) is 6.35. The molecule has 2 fully saturated rings. The number of hydrogen-bond donors (Lipinski definition) is 0. The summed E-state index contributed by atoms with van der Waals surface area (Å²) in [7, 11) is -2.07. The van der Waals surface area contributed by atoms with Crippen molar-refractivity contribution in [2.75, 3.05) is 33.3 Å². The summed E-state index contributed by atoms with van der Waals surface area (Å²) >= 11 is 0. The van der Waals surface area contributed by atoms with Crippen LogP contribution in [0.3, 0.4) is 0 Å². The molecule has 0 bridgehead atoms. The fraction of sp³-hybridized carbons (Fsp3) is 0.480. The van der Waals surface area contributed by atoms with Gasteiger partial charge in [-0.25, -0.2) is 8.42 Å². The highest BCUT2D eigenvalue weighted by molar-refractivity contribution is 7.89. The first-order valence-electron chi connectivity index (χ1n) is 11.4. The molecule has 0 radical (unpaired) electrons. The largest absolute Gasteiger partial charge is 0.497 e. The van der Waals surface area contributed by atoms with Crippen LogP contribution in [0.4, 0.5) is 0 Å². The third-order valence-corrected chi connectivity index (χ3v) is 8.60. The van der Waals surface area contributed by atoms with E-state index in [0.29, 0.717) is 24.6 Å². The number of benzene rings is 2. The predicted molar refractivity (Wildman–Crippen MR) is 124 cm³/mol. The van der Waals surface area contributed by atoms with Crippen molar-refractivity contribution in [2.45, 2.75) is 37.0 Å². The number of piperidine rings is 2. The SMILES string of the molecule is COc1ccc(S(=O)(=O)N2CCC[C@@H](C(=O)N3CCC(Cc4ccccc4)CC3)C2)cc1. The zero-order valence-electron chi connectivity index (χ0n) is 18.7. The smallest absolute Gasteiger partial charge is 0.243 e. The zero-order valence-corrected chi connectivity index (χ0v) is 19.5. The van der Waals surface area contributed by atoms with Crippen molar-refractivity contribution in [3.63, 3.8) is 0 Å². The van der Waals surface area contributed by atoms with Gasteiger partial charge in [0.25, 0.3) is 0 Å². The van der Waals surface area contributed by atoms with E-state index in [4.69, 9.17) is 4.74 Å². The highest BCUT2D eigenvalue weighted by Crippen LogP contribution is 2.28. The Morgan fingerprint density at radius 1 is 0.969 bits per heavy atom. The molecule has 2 saturated heterocycles. The molecule has 32 heavy (non-hydrogen) atoms. The van der Waals surface area contributed by atoms with Gasteiger partial charge in [0.15, 0.2) is 0 Å². The topological polar surface area (TPSA) is 66.9 Å². The Balaban J connectivity index is 1.34. The van der Waals surface area contributed by atoms with Crippen LogP contribution in [0.15, 0.2) is 59.5 Å². The maximum absolute atomic E-state index is 13.2. The molecule has 1 atom stereocenters. The number of methoxy groups -OCH3 is 1. The Hall–Kier alpha value is -2.38. The second kappa shape index (κ2) is 10.0. The van der Waals surface area contributed by atoms with Gasteiger partial charge in [0.05, 0.1) is 17.9 Å². The molecule has 4 rings (SSSR count). The Bertz CT molecular complexity index is 1000. The van der Waals surface area contributed by atoms with Gasteiger partial charge >= 0.3 is 0 Å². The van der Waals surface area contributed by atoms with E-state index in [1.54, 1.807) is 31.4 Å². The van der Waals surface area contributed by atoms with Gasteiger partial charge < -0.3 is 9.64 Å². The normalized spacial score (nSPS) is 20.8. The van der Waals surface area contributed by atoms with E-state index in [1.165, 1.54) is 9.87 Å². The summed E-state index contributed by atoms with van der Waals surface area (Å²) < 4.78 is 32.8. The van der Waals surface area contributed by atoms with Crippen molar-refractivity contribution in [3.8, 4) is 5.75 Å². The molecule has 0 aliphatic carbocycles. The molecule has 0 aromatic heterocycles. The number of rotatable bonds is 6. The van der Waals surface area contributed by atoms with Gasteiger partial charge in [0.1, 0.15) is 5.75 Å². The van der Waals surface area contributed by atoms with Gasteiger partial charge in [-0.3, -0.25) is 4.79 Å². The van der Waals surface area contributed by atoms with Crippen LogP contribution >= 0.6 is 0 Å². The first-order valence-corrected chi connectivity index (χ1v) is 12.9.